The number of furan rings is 1. The monoisotopic (exact) mass is 235 g/mol. The van der Waals surface area contributed by atoms with E-state index < -0.39 is 0 Å². The molecule has 0 radical (unpaired) electrons. The molecule has 0 bridgehead atoms. The second kappa shape index (κ2) is 3.43. The van der Waals surface area contributed by atoms with Gasteiger partial charge in [0.05, 0.1) is 17.3 Å². The predicted octanol–water partition coefficient (Wildman–Crippen LogP) is 3.37. The van der Waals surface area contributed by atoms with Crippen molar-refractivity contribution in [2.75, 3.05) is 0 Å². The average molecular weight is 235 g/mol. The molecule has 4 aromatic rings. The molecular weight excluding hydrogens is 226 g/mol. The summed E-state index contributed by atoms with van der Waals surface area (Å²) >= 11 is 0. The normalized spacial score (nSPS) is 11.3. The van der Waals surface area contributed by atoms with Crippen LogP contribution in [-0.4, -0.2) is 15.0 Å². The first-order chi connectivity index (χ1) is 8.92. The Hall–Kier alpha value is -2.62. The van der Waals surface area contributed by atoms with Gasteiger partial charge < -0.3 is 9.40 Å². The predicted molar refractivity (Wildman–Crippen MR) is 69.1 cm³/mol. The van der Waals surface area contributed by atoms with Gasteiger partial charge in [-0.25, -0.2) is 4.98 Å². The molecule has 0 saturated heterocycles. The van der Waals surface area contributed by atoms with Crippen molar-refractivity contribution >= 4 is 21.8 Å². The molecule has 0 aliphatic heterocycles. The quantitative estimate of drug-likeness (QED) is 0.550. The summed E-state index contributed by atoms with van der Waals surface area (Å²) < 4.78 is 5.36. The number of benzene rings is 1. The smallest absolute Gasteiger partial charge is 0.174 e. The Morgan fingerprint density at radius 1 is 1.11 bits per heavy atom. The van der Waals surface area contributed by atoms with Gasteiger partial charge in [-0.15, -0.1) is 0 Å². The van der Waals surface area contributed by atoms with Crippen LogP contribution in [0.5, 0.6) is 0 Å². The molecule has 0 fully saturated rings. The minimum absolute atomic E-state index is 0.744. The first kappa shape index (κ1) is 9.41. The standard InChI is InChI=1S/C14H9N3O/c1-2-12(18-7-1)14-16-11-4-3-9-8-15-6-5-10(9)13(11)17-14/h1-8H,(H,16,17). The lowest BCUT2D eigenvalue weighted by Gasteiger charge is -1.95. The van der Waals surface area contributed by atoms with E-state index in [2.05, 4.69) is 15.0 Å². The van der Waals surface area contributed by atoms with Crippen molar-refractivity contribution in [3.05, 3.63) is 49.0 Å². The van der Waals surface area contributed by atoms with Gasteiger partial charge in [0.2, 0.25) is 0 Å². The molecule has 0 aliphatic rings. The summed E-state index contributed by atoms with van der Waals surface area (Å²) in [5.74, 6) is 1.49. The number of fused-ring (bicyclic) bond motifs is 3. The third-order valence-corrected chi connectivity index (χ3v) is 3.02. The Balaban J connectivity index is 2.08. The maximum absolute atomic E-state index is 5.36. The number of nitrogens with one attached hydrogen (secondary N) is 1. The number of rotatable bonds is 1. The summed E-state index contributed by atoms with van der Waals surface area (Å²) in [6.45, 7) is 0. The van der Waals surface area contributed by atoms with Gasteiger partial charge in [0.25, 0.3) is 0 Å². The van der Waals surface area contributed by atoms with E-state index in [1.807, 2.05) is 36.5 Å². The van der Waals surface area contributed by atoms with Crippen LogP contribution in [0.1, 0.15) is 0 Å². The highest BCUT2D eigenvalue weighted by Crippen LogP contribution is 2.26. The molecule has 4 heteroatoms. The third-order valence-electron chi connectivity index (χ3n) is 3.02. The van der Waals surface area contributed by atoms with Crippen LogP contribution in [-0.2, 0) is 0 Å². The molecule has 4 nitrogen and oxygen atoms in total. The molecule has 3 aromatic heterocycles. The van der Waals surface area contributed by atoms with Gasteiger partial charge in [0.1, 0.15) is 0 Å². The van der Waals surface area contributed by atoms with Crippen LogP contribution >= 0.6 is 0 Å². The largest absolute Gasteiger partial charge is 0.461 e. The van der Waals surface area contributed by atoms with Gasteiger partial charge in [-0.05, 0) is 24.3 Å². The first-order valence-corrected chi connectivity index (χ1v) is 5.68. The van der Waals surface area contributed by atoms with E-state index in [4.69, 9.17) is 4.42 Å². The topological polar surface area (TPSA) is 54.7 Å². The fourth-order valence-electron chi connectivity index (χ4n) is 2.17. The molecule has 86 valence electrons. The van der Waals surface area contributed by atoms with Crippen molar-refractivity contribution in [2.24, 2.45) is 0 Å². The number of aromatic amines is 1. The first-order valence-electron chi connectivity index (χ1n) is 5.68. The molecule has 0 aliphatic carbocycles. The van der Waals surface area contributed by atoms with E-state index in [1.165, 1.54) is 0 Å². The minimum atomic E-state index is 0.744. The summed E-state index contributed by atoms with van der Waals surface area (Å²) in [6.07, 6.45) is 5.27. The Labute approximate surface area is 102 Å². The second-order valence-corrected chi connectivity index (χ2v) is 4.12. The van der Waals surface area contributed by atoms with Crippen LogP contribution in [0.4, 0.5) is 0 Å². The third kappa shape index (κ3) is 1.26. The van der Waals surface area contributed by atoms with E-state index in [-0.39, 0.29) is 0 Å². The lowest BCUT2D eigenvalue weighted by molar-refractivity contribution is 0.578. The molecule has 18 heavy (non-hydrogen) atoms. The van der Waals surface area contributed by atoms with Gasteiger partial charge in [-0.1, -0.05) is 6.07 Å². The van der Waals surface area contributed by atoms with Crippen molar-refractivity contribution in [1.82, 2.24) is 15.0 Å². The molecule has 4 rings (SSSR count). The summed E-state index contributed by atoms with van der Waals surface area (Å²) in [4.78, 5) is 12.0. The summed E-state index contributed by atoms with van der Waals surface area (Å²) in [5, 5.41) is 2.18. The Kier molecular flexibility index (Phi) is 1.80. The SMILES string of the molecule is c1coc(-c2nc3c(ccc4cnccc43)[nH]2)c1. The highest BCUT2D eigenvalue weighted by Gasteiger charge is 2.09. The maximum Gasteiger partial charge on any atom is 0.174 e. The molecule has 1 aromatic carbocycles. The summed E-state index contributed by atoms with van der Waals surface area (Å²) in [5.41, 5.74) is 1.95. The summed E-state index contributed by atoms with van der Waals surface area (Å²) in [6, 6.07) is 9.77. The van der Waals surface area contributed by atoms with Crippen LogP contribution in [0.2, 0.25) is 0 Å². The van der Waals surface area contributed by atoms with Crippen LogP contribution in [0, 0.1) is 0 Å². The van der Waals surface area contributed by atoms with Crippen molar-refractivity contribution in [2.45, 2.75) is 0 Å². The van der Waals surface area contributed by atoms with Gasteiger partial charge >= 0.3 is 0 Å². The Morgan fingerprint density at radius 2 is 2.11 bits per heavy atom. The molecule has 0 amide bonds. The number of hydrogen-bond donors (Lipinski definition) is 1. The molecule has 1 N–H and O–H groups in total. The van der Waals surface area contributed by atoms with Gasteiger partial charge in [-0.3, -0.25) is 4.98 Å². The van der Waals surface area contributed by atoms with Crippen LogP contribution in [0.25, 0.3) is 33.4 Å². The van der Waals surface area contributed by atoms with Crippen LogP contribution < -0.4 is 0 Å². The molecule has 3 heterocycles. The van der Waals surface area contributed by atoms with E-state index in [0.29, 0.717) is 0 Å². The van der Waals surface area contributed by atoms with E-state index in [1.54, 1.807) is 12.5 Å². The van der Waals surface area contributed by atoms with Gasteiger partial charge in [0.15, 0.2) is 11.6 Å². The minimum Gasteiger partial charge on any atom is -0.461 e. The number of pyridine rings is 1. The Morgan fingerprint density at radius 3 is 3.00 bits per heavy atom. The van der Waals surface area contributed by atoms with Gasteiger partial charge in [0, 0.05) is 23.2 Å². The van der Waals surface area contributed by atoms with Crippen LogP contribution in [0.15, 0.2) is 53.4 Å². The fraction of sp³-hybridized carbons (Fsp3) is 0. The lowest BCUT2D eigenvalue weighted by atomic mass is 10.1. The fourth-order valence-corrected chi connectivity index (χ4v) is 2.17. The van der Waals surface area contributed by atoms with Crippen LogP contribution in [0.3, 0.4) is 0 Å². The molecular formula is C14H9N3O. The van der Waals surface area contributed by atoms with Crippen molar-refractivity contribution in [3.63, 3.8) is 0 Å². The number of imidazole rings is 1. The van der Waals surface area contributed by atoms with E-state index in [9.17, 15) is 0 Å². The maximum atomic E-state index is 5.36. The molecule has 0 spiro atoms. The zero-order valence-corrected chi connectivity index (χ0v) is 9.42. The zero-order chi connectivity index (χ0) is 11.9. The number of aromatic nitrogens is 3. The highest BCUT2D eigenvalue weighted by molar-refractivity contribution is 6.04. The van der Waals surface area contributed by atoms with E-state index in [0.717, 1.165) is 33.4 Å². The van der Waals surface area contributed by atoms with E-state index >= 15 is 0 Å². The zero-order valence-electron chi connectivity index (χ0n) is 9.42. The average Bonchev–Trinajstić information content (AvgIpc) is 3.07. The van der Waals surface area contributed by atoms with Crippen molar-refractivity contribution < 1.29 is 4.42 Å². The molecule has 0 saturated carbocycles. The van der Waals surface area contributed by atoms with Crippen molar-refractivity contribution in [3.8, 4) is 11.6 Å². The number of nitrogens with zero attached hydrogens (tertiary/aromatic N) is 2. The summed E-state index contributed by atoms with van der Waals surface area (Å²) in [7, 11) is 0. The number of H-pyrrole nitrogens is 1. The Bertz CT molecular complexity index is 831. The lowest BCUT2D eigenvalue weighted by Crippen LogP contribution is -1.77. The van der Waals surface area contributed by atoms with Crippen molar-refractivity contribution in [1.29, 1.82) is 0 Å². The van der Waals surface area contributed by atoms with Gasteiger partial charge in [-0.2, -0.15) is 0 Å². The molecule has 0 atom stereocenters. The number of hydrogen-bond acceptors (Lipinski definition) is 3. The molecule has 0 unspecified atom stereocenters. The second-order valence-electron chi connectivity index (χ2n) is 4.12. The highest BCUT2D eigenvalue weighted by atomic mass is 16.3.